The summed E-state index contributed by atoms with van der Waals surface area (Å²) in [5, 5.41) is 13.9. The molecule has 0 radical (unpaired) electrons. The van der Waals surface area contributed by atoms with Gasteiger partial charge in [0.1, 0.15) is 17.5 Å². The van der Waals surface area contributed by atoms with Crippen molar-refractivity contribution in [1.82, 2.24) is 10.6 Å². The lowest BCUT2D eigenvalue weighted by molar-refractivity contribution is -0.140. The summed E-state index contributed by atoms with van der Waals surface area (Å²) < 4.78 is 5.90. The van der Waals surface area contributed by atoms with Crippen molar-refractivity contribution in [3.05, 3.63) is 69.8 Å². The second kappa shape index (κ2) is 9.70. The van der Waals surface area contributed by atoms with E-state index in [4.69, 9.17) is 9.84 Å². The van der Waals surface area contributed by atoms with Crippen molar-refractivity contribution in [2.24, 2.45) is 0 Å². The Labute approximate surface area is 170 Å². The van der Waals surface area contributed by atoms with Gasteiger partial charge in [0.15, 0.2) is 0 Å². The Morgan fingerprint density at radius 1 is 1.07 bits per heavy atom. The molecule has 0 fully saturated rings. The van der Waals surface area contributed by atoms with Crippen molar-refractivity contribution >= 4 is 39.8 Å². The van der Waals surface area contributed by atoms with Gasteiger partial charge in [-0.15, -0.1) is 0 Å². The van der Waals surface area contributed by atoms with Crippen molar-refractivity contribution in [1.29, 1.82) is 0 Å². The van der Waals surface area contributed by atoms with Crippen molar-refractivity contribution in [3.8, 4) is 5.75 Å². The van der Waals surface area contributed by atoms with Gasteiger partial charge in [-0.25, -0.2) is 0 Å². The van der Waals surface area contributed by atoms with Gasteiger partial charge in [-0.3, -0.25) is 14.4 Å². The summed E-state index contributed by atoms with van der Waals surface area (Å²) in [6.45, 7) is 1.34. The molecule has 0 aliphatic rings. The van der Waals surface area contributed by atoms with Crippen LogP contribution in [-0.4, -0.2) is 36.0 Å². The second-order valence-corrected chi connectivity index (χ2v) is 6.74. The van der Waals surface area contributed by atoms with Crippen LogP contribution in [0.4, 0.5) is 0 Å². The highest BCUT2D eigenvalue weighted by molar-refractivity contribution is 9.10. The van der Waals surface area contributed by atoms with Crippen LogP contribution in [-0.2, 0) is 9.59 Å². The average Bonchev–Trinajstić information content (AvgIpc) is 2.68. The lowest BCUT2D eigenvalue weighted by atomic mass is 10.1. The maximum Gasteiger partial charge on any atom is 0.325 e. The molecule has 0 saturated carbocycles. The van der Waals surface area contributed by atoms with Crippen LogP contribution in [0.1, 0.15) is 22.8 Å². The smallest absolute Gasteiger partial charge is 0.325 e. The maximum absolute atomic E-state index is 12.5. The number of benzene rings is 2. The van der Waals surface area contributed by atoms with Crippen LogP contribution in [0.15, 0.2) is 58.7 Å². The highest BCUT2D eigenvalue weighted by Gasteiger charge is 2.19. The summed E-state index contributed by atoms with van der Waals surface area (Å²) in [5.41, 5.74) is 0.902. The molecule has 146 valence electrons. The summed E-state index contributed by atoms with van der Waals surface area (Å²) in [4.78, 5) is 36.0. The number of aliphatic carboxylic acids is 1. The molecule has 0 heterocycles. The van der Waals surface area contributed by atoms with Crippen molar-refractivity contribution in [3.63, 3.8) is 0 Å². The van der Waals surface area contributed by atoms with Crippen LogP contribution in [0.3, 0.4) is 0 Å². The van der Waals surface area contributed by atoms with Crippen LogP contribution in [0.5, 0.6) is 5.75 Å². The van der Waals surface area contributed by atoms with Gasteiger partial charge < -0.3 is 20.5 Å². The minimum Gasteiger partial charge on any atom is -0.497 e. The molecule has 8 heteroatoms. The standard InChI is InChI=1S/C20H19BrN2O5/c1-12(20(26)27)22-19(25)17(11-13-3-9-16(28-2)10-4-13)23-18(24)14-5-7-15(21)8-6-14/h3-12H,1-2H3,(H,22,25)(H,23,24)(H,26,27)/b17-11+. The van der Waals surface area contributed by atoms with Crippen LogP contribution in [0.25, 0.3) is 6.08 Å². The van der Waals surface area contributed by atoms with Crippen LogP contribution >= 0.6 is 15.9 Å². The monoisotopic (exact) mass is 446 g/mol. The number of halogens is 1. The first kappa shape index (κ1) is 21.2. The summed E-state index contributed by atoms with van der Waals surface area (Å²) in [6.07, 6.45) is 1.46. The highest BCUT2D eigenvalue weighted by atomic mass is 79.9. The molecule has 2 rings (SSSR count). The Morgan fingerprint density at radius 2 is 1.68 bits per heavy atom. The van der Waals surface area contributed by atoms with Gasteiger partial charge in [-0.2, -0.15) is 0 Å². The average molecular weight is 447 g/mol. The topological polar surface area (TPSA) is 105 Å². The Kier molecular flexibility index (Phi) is 7.34. The van der Waals surface area contributed by atoms with E-state index >= 15 is 0 Å². The number of methoxy groups -OCH3 is 1. The number of nitrogens with one attached hydrogen (secondary N) is 2. The predicted octanol–water partition coefficient (Wildman–Crippen LogP) is 2.82. The molecule has 3 N–H and O–H groups in total. The van der Waals surface area contributed by atoms with Crippen LogP contribution in [0, 0.1) is 0 Å². The van der Waals surface area contributed by atoms with Crippen LogP contribution < -0.4 is 15.4 Å². The lowest BCUT2D eigenvalue weighted by Crippen LogP contribution is -2.42. The van der Waals surface area contributed by atoms with Crippen molar-refractivity contribution in [2.75, 3.05) is 7.11 Å². The molecule has 1 unspecified atom stereocenters. The van der Waals surface area contributed by atoms with E-state index < -0.39 is 23.8 Å². The van der Waals surface area contributed by atoms with E-state index in [1.807, 2.05) is 0 Å². The first-order valence-corrected chi connectivity index (χ1v) is 9.06. The number of carbonyl (C=O) groups excluding carboxylic acids is 2. The normalized spacial score (nSPS) is 12.0. The van der Waals surface area contributed by atoms with Crippen molar-refractivity contribution in [2.45, 2.75) is 13.0 Å². The molecule has 2 aromatic rings. The zero-order valence-electron chi connectivity index (χ0n) is 15.2. The summed E-state index contributed by atoms with van der Waals surface area (Å²) in [7, 11) is 1.54. The van der Waals surface area contributed by atoms with Gasteiger partial charge in [-0.05, 0) is 55.0 Å². The van der Waals surface area contributed by atoms with Crippen molar-refractivity contribution < 1.29 is 24.2 Å². The quantitative estimate of drug-likeness (QED) is 0.567. The van der Waals surface area contributed by atoms with E-state index in [0.717, 1.165) is 4.47 Å². The Balaban J connectivity index is 2.29. The number of rotatable bonds is 7. The molecule has 28 heavy (non-hydrogen) atoms. The summed E-state index contributed by atoms with van der Waals surface area (Å²) >= 11 is 3.29. The fraction of sp³-hybridized carbons (Fsp3) is 0.150. The SMILES string of the molecule is COc1ccc(/C=C(/NC(=O)c2ccc(Br)cc2)C(=O)NC(C)C(=O)O)cc1. The second-order valence-electron chi connectivity index (χ2n) is 5.83. The largest absolute Gasteiger partial charge is 0.497 e. The van der Waals surface area contributed by atoms with E-state index in [1.165, 1.54) is 20.1 Å². The number of carbonyl (C=O) groups is 3. The van der Waals surface area contributed by atoms with Gasteiger partial charge in [0.2, 0.25) is 0 Å². The van der Waals surface area contributed by atoms with Crippen LogP contribution in [0.2, 0.25) is 0 Å². The molecular weight excluding hydrogens is 428 g/mol. The zero-order chi connectivity index (χ0) is 20.7. The number of carboxylic acid groups (broad SMARTS) is 1. The highest BCUT2D eigenvalue weighted by Crippen LogP contribution is 2.15. The molecule has 1 atom stereocenters. The van der Waals surface area contributed by atoms with Gasteiger partial charge in [0, 0.05) is 10.0 Å². The molecule has 0 aliphatic carbocycles. The zero-order valence-corrected chi connectivity index (χ0v) is 16.8. The lowest BCUT2D eigenvalue weighted by Gasteiger charge is -2.13. The molecule has 2 amide bonds. The third-order valence-corrected chi connectivity index (χ3v) is 4.27. The number of hydrogen-bond donors (Lipinski definition) is 3. The van der Waals surface area contributed by atoms with E-state index in [2.05, 4.69) is 26.6 Å². The predicted molar refractivity (Wildman–Crippen MR) is 108 cm³/mol. The Hall–Kier alpha value is -3.13. The first-order valence-electron chi connectivity index (χ1n) is 8.26. The third kappa shape index (κ3) is 5.95. The van der Waals surface area contributed by atoms with E-state index in [-0.39, 0.29) is 5.70 Å². The maximum atomic E-state index is 12.5. The van der Waals surface area contributed by atoms with E-state index in [0.29, 0.717) is 16.9 Å². The number of carboxylic acids is 1. The molecule has 0 bridgehead atoms. The van der Waals surface area contributed by atoms with Gasteiger partial charge in [0.25, 0.3) is 11.8 Å². The molecule has 0 aliphatic heterocycles. The summed E-state index contributed by atoms with van der Waals surface area (Å²) in [5.74, 6) is -1.75. The van der Waals surface area contributed by atoms with Gasteiger partial charge in [0.05, 0.1) is 7.11 Å². The Morgan fingerprint density at radius 3 is 2.21 bits per heavy atom. The third-order valence-electron chi connectivity index (χ3n) is 3.74. The minimum atomic E-state index is -1.18. The van der Waals surface area contributed by atoms with E-state index in [9.17, 15) is 14.4 Å². The first-order chi connectivity index (χ1) is 13.3. The van der Waals surface area contributed by atoms with Gasteiger partial charge in [-0.1, -0.05) is 28.1 Å². The van der Waals surface area contributed by atoms with E-state index in [1.54, 1.807) is 48.5 Å². The number of hydrogen-bond acceptors (Lipinski definition) is 4. The number of amides is 2. The molecule has 2 aromatic carbocycles. The molecular formula is C20H19BrN2O5. The summed E-state index contributed by atoms with van der Waals surface area (Å²) in [6, 6.07) is 12.3. The molecule has 0 spiro atoms. The van der Waals surface area contributed by atoms with Gasteiger partial charge >= 0.3 is 5.97 Å². The fourth-order valence-corrected chi connectivity index (χ4v) is 2.42. The number of ether oxygens (including phenoxy) is 1. The molecule has 7 nitrogen and oxygen atoms in total. The Bertz CT molecular complexity index is 892. The molecule has 0 saturated heterocycles. The molecule has 0 aromatic heterocycles. The minimum absolute atomic E-state index is 0.0776. The fourth-order valence-electron chi connectivity index (χ4n) is 2.16.